The SMILES string of the molecule is COCOc1[c-]c(OCc2ccccc2)ccc1.[Li+]. The van der Waals surface area contributed by atoms with Crippen LogP contribution in [0.3, 0.4) is 0 Å². The monoisotopic (exact) mass is 250 g/mol. The molecule has 2 aromatic rings. The molecule has 4 heteroatoms. The van der Waals surface area contributed by atoms with Crippen LogP contribution < -0.4 is 28.3 Å². The Balaban J connectivity index is 0.00000180. The average molecular weight is 250 g/mol. The van der Waals surface area contributed by atoms with Gasteiger partial charge in [0, 0.05) is 18.6 Å². The van der Waals surface area contributed by atoms with E-state index in [1.54, 1.807) is 7.11 Å². The van der Waals surface area contributed by atoms with Crippen molar-refractivity contribution in [1.82, 2.24) is 0 Å². The number of hydrogen-bond acceptors (Lipinski definition) is 3. The van der Waals surface area contributed by atoms with E-state index in [0.717, 1.165) is 5.56 Å². The van der Waals surface area contributed by atoms with E-state index in [1.165, 1.54) is 0 Å². The van der Waals surface area contributed by atoms with Crippen molar-refractivity contribution in [3.05, 3.63) is 60.2 Å². The number of hydrogen-bond donors (Lipinski definition) is 0. The molecule has 0 saturated heterocycles. The molecular weight excluding hydrogens is 235 g/mol. The van der Waals surface area contributed by atoms with Gasteiger partial charge < -0.3 is 14.2 Å². The molecular formula is C15H15LiO3. The number of methoxy groups -OCH3 is 1. The maximum Gasteiger partial charge on any atom is 1.00 e. The van der Waals surface area contributed by atoms with E-state index >= 15 is 0 Å². The van der Waals surface area contributed by atoms with Crippen LogP contribution in [0.25, 0.3) is 0 Å². The minimum atomic E-state index is 0. The van der Waals surface area contributed by atoms with Gasteiger partial charge in [-0.05, 0) is 5.56 Å². The average Bonchev–Trinajstić information content (AvgIpc) is 2.44. The second-order valence-corrected chi connectivity index (χ2v) is 3.70. The molecule has 0 aliphatic rings. The first kappa shape index (κ1) is 15.7. The molecule has 94 valence electrons. The van der Waals surface area contributed by atoms with Crippen molar-refractivity contribution in [3.63, 3.8) is 0 Å². The van der Waals surface area contributed by atoms with E-state index in [-0.39, 0.29) is 25.7 Å². The zero-order chi connectivity index (χ0) is 12.6. The summed E-state index contributed by atoms with van der Waals surface area (Å²) in [6, 6.07) is 18.5. The second-order valence-electron chi connectivity index (χ2n) is 3.70. The molecule has 0 aromatic heterocycles. The van der Waals surface area contributed by atoms with Crippen molar-refractivity contribution in [2.45, 2.75) is 6.61 Å². The Labute approximate surface area is 125 Å². The molecule has 0 heterocycles. The van der Waals surface area contributed by atoms with Gasteiger partial charge in [0.05, 0.1) is 0 Å². The van der Waals surface area contributed by atoms with Gasteiger partial charge in [-0.3, -0.25) is 0 Å². The van der Waals surface area contributed by atoms with Gasteiger partial charge in [-0.25, -0.2) is 0 Å². The zero-order valence-electron chi connectivity index (χ0n) is 11.3. The summed E-state index contributed by atoms with van der Waals surface area (Å²) < 4.78 is 15.8. The Kier molecular flexibility index (Phi) is 7.13. The van der Waals surface area contributed by atoms with Crippen LogP contribution in [0, 0.1) is 6.07 Å². The van der Waals surface area contributed by atoms with E-state index in [4.69, 9.17) is 14.2 Å². The summed E-state index contributed by atoms with van der Waals surface area (Å²) in [7, 11) is 1.58. The number of benzene rings is 2. The van der Waals surface area contributed by atoms with Crippen LogP contribution in [-0.2, 0) is 11.3 Å². The molecule has 0 aliphatic carbocycles. The molecule has 0 saturated carbocycles. The van der Waals surface area contributed by atoms with Gasteiger partial charge in [0.15, 0.2) is 6.79 Å². The van der Waals surface area contributed by atoms with E-state index in [0.29, 0.717) is 18.1 Å². The maximum absolute atomic E-state index is 5.64. The Hall–Kier alpha value is -1.40. The van der Waals surface area contributed by atoms with Gasteiger partial charge in [-0.15, -0.1) is 12.1 Å². The Morgan fingerprint density at radius 2 is 1.58 bits per heavy atom. The van der Waals surface area contributed by atoms with Crippen molar-refractivity contribution < 1.29 is 33.1 Å². The minimum absolute atomic E-state index is 0. The van der Waals surface area contributed by atoms with Crippen LogP contribution in [0.4, 0.5) is 0 Å². The predicted octanol–water partition coefficient (Wildman–Crippen LogP) is 0.0525. The van der Waals surface area contributed by atoms with Crippen LogP contribution in [0.5, 0.6) is 11.5 Å². The number of rotatable bonds is 6. The third-order valence-electron chi connectivity index (χ3n) is 2.31. The molecule has 0 atom stereocenters. The fourth-order valence-corrected chi connectivity index (χ4v) is 1.45. The van der Waals surface area contributed by atoms with Crippen molar-refractivity contribution in [2.24, 2.45) is 0 Å². The molecule has 0 radical (unpaired) electrons. The second kappa shape index (κ2) is 8.66. The molecule has 0 fully saturated rings. The van der Waals surface area contributed by atoms with E-state index < -0.39 is 0 Å². The van der Waals surface area contributed by atoms with Crippen molar-refractivity contribution in [3.8, 4) is 11.5 Å². The summed E-state index contributed by atoms with van der Waals surface area (Å²) in [6.07, 6.45) is 0. The first-order chi connectivity index (χ1) is 8.88. The van der Waals surface area contributed by atoms with Gasteiger partial charge in [-0.1, -0.05) is 36.4 Å². The van der Waals surface area contributed by atoms with Crippen molar-refractivity contribution >= 4 is 0 Å². The maximum atomic E-state index is 5.64. The Morgan fingerprint density at radius 1 is 0.895 bits per heavy atom. The normalized spacial score (nSPS) is 9.53. The molecule has 2 aromatic carbocycles. The van der Waals surface area contributed by atoms with Crippen molar-refractivity contribution in [1.29, 1.82) is 0 Å². The van der Waals surface area contributed by atoms with Crippen LogP contribution >= 0.6 is 0 Å². The fourth-order valence-electron chi connectivity index (χ4n) is 1.45. The molecule has 0 unspecified atom stereocenters. The molecule has 19 heavy (non-hydrogen) atoms. The molecule has 0 spiro atoms. The molecule has 0 bridgehead atoms. The summed E-state index contributed by atoms with van der Waals surface area (Å²) in [5, 5.41) is 0. The van der Waals surface area contributed by atoms with Gasteiger partial charge in [0.2, 0.25) is 0 Å². The number of ether oxygens (including phenoxy) is 3. The van der Waals surface area contributed by atoms with Crippen LogP contribution in [0.15, 0.2) is 48.5 Å². The fraction of sp³-hybridized carbons (Fsp3) is 0.200. The minimum Gasteiger partial charge on any atom is -0.515 e. The third kappa shape index (κ3) is 5.40. The Morgan fingerprint density at radius 3 is 2.26 bits per heavy atom. The van der Waals surface area contributed by atoms with E-state index in [2.05, 4.69) is 6.07 Å². The Bertz CT molecular complexity index is 474. The zero-order valence-corrected chi connectivity index (χ0v) is 11.3. The molecule has 3 nitrogen and oxygen atoms in total. The van der Waals surface area contributed by atoms with Crippen LogP contribution in [0.1, 0.15) is 5.56 Å². The molecule has 0 amide bonds. The molecule has 2 rings (SSSR count). The van der Waals surface area contributed by atoms with Crippen LogP contribution in [0.2, 0.25) is 0 Å². The van der Waals surface area contributed by atoms with Gasteiger partial charge >= 0.3 is 18.9 Å². The molecule has 0 aliphatic heterocycles. The summed E-state index contributed by atoms with van der Waals surface area (Å²) in [5.41, 5.74) is 1.12. The van der Waals surface area contributed by atoms with Gasteiger partial charge in [0.1, 0.15) is 6.61 Å². The summed E-state index contributed by atoms with van der Waals surface area (Å²) >= 11 is 0. The van der Waals surface area contributed by atoms with Gasteiger partial charge in [0.25, 0.3) is 0 Å². The third-order valence-corrected chi connectivity index (χ3v) is 2.31. The first-order valence-electron chi connectivity index (χ1n) is 5.69. The first-order valence-corrected chi connectivity index (χ1v) is 5.69. The van der Waals surface area contributed by atoms with Gasteiger partial charge in [-0.2, -0.15) is 6.07 Å². The smallest absolute Gasteiger partial charge is 0.515 e. The summed E-state index contributed by atoms with van der Waals surface area (Å²) in [4.78, 5) is 0. The predicted molar refractivity (Wildman–Crippen MR) is 68.6 cm³/mol. The largest absolute Gasteiger partial charge is 1.00 e. The van der Waals surface area contributed by atoms with Crippen molar-refractivity contribution in [2.75, 3.05) is 13.9 Å². The topological polar surface area (TPSA) is 27.7 Å². The van der Waals surface area contributed by atoms with E-state index in [9.17, 15) is 0 Å². The molecule has 0 N–H and O–H groups in total. The standard InChI is InChI=1S/C15H15O3.Li/c1-16-12-18-15-9-5-8-14(10-15)17-11-13-6-3-2-4-7-13;/h2-9H,11-12H2,1H3;/q-1;+1. The summed E-state index contributed by atoms with van der Waals surface area (Å²) in [6.45, 7) is 0.726. The summed E-state index contributed by atoms with van der Waals surface area (Å²) in [5.74, 6) is 1.27. The van der Waals surface area contributed by atoms with E-state index in [1.807, 2.05) is 48.5 Å². The quantitative estimate of drug-likeness (QED) is 0.412. The van der Waals surface area contributed by atoms with Crippen LogP contribution in [-0.4, -0.2) is 13.9 Å².